The topological polar surface area (TPSA) is 61.1 Å². The summed E-state index contributed by atoms with van der Waals surface area (Å²) in [6.07, 6.45) is 2.52. The molecule has 1 fully saturated rings. The molecule has 0 aliphatic heterocycles. The van der Waals surface area contributed by atoms with Gasteiger partial charge in [0.1, 0.15) is 11.8 Å². The lowest BCUT2D eigenvalue weighted by molar-refractivity contribution is -0.117. The van der Waals surface area contributed by atoms with E-state index in [1.165, 1.54) is 0 Å². The van der Waals surface area contributed by atoms with Gasteiger partial charge in [-0.05, 0) is 66.6 Å². The number of aliphatic hydroxyl groups is 1. The number of nitrogens with zero attached hydrogens (tertiary/aromatic N) is 1. The quantitative estimate of drug-likeness (QED) is 0.771. The predicted molar refractivity (Wildman–Crippen MR) is 102 cm³/mol. The fraction of sp³-hybridized carbons (Fsp3) is 0.273. The molecule has 4 heteroatoms. The molecule has 0 spiro atoms. The molecule has 0 aromatic heterocycles. The molecule has 2 aliphatic rings. The number of nitriles is 1. The predicted octanol–water partition coefficient (Wildman–Crippen LogP) is 5.46. The Labute approximate surface area is 157 Å². The Hall–Kier alpha value is -2.57. The molecule has 0 amide bonds. The van der Waals surface area contributed by atoms with Gasteiger partial charge in [0.05, 0.1) is 16.2 Å². The molecular weight excluding hydrogens is 346 g/mol. The van der Waals surface area contributed by atoms with Crippen molar-refractivity contribution >= 4 is 23.0 Å². The van der Waals surface area contributed by atoms with E-state index in [1.54, 1.807) is 12.1 Å². The Balaban J connectivity index is 1.85. The van der Waals surface area contributed by atoms with E-state index in [1.807, 2.05) is 31.2 Å². The number of carbonyl (C=O) groups excluding carboxylic acids is 1. The summed E-state index contributed by atoms with van der Waals surface area (Å²) in [4.78, 5) is 12.9. The van der Waals surface area contributed by atoms with E-state index >= 15 is 0 Å². The maximum absolute atomic E-state index is 12.9. The van der Waals surface area contributed by atoms with Crippen LogP contribution in [0.2, 0.25) is 5.02 Å². The number of rotatable bonds is 2. The number of fused-ring (bicyclic) bond motifs is 2. The van der Waals surface area contributed by atoms with Crippen LogP contribution in [-0.4, -0.2) is 10.9 Å². The smallest absolute Gasteiger partial charge is 0.169 e. The van der Waals surface area contributed by atoms with Gasteiger partial charge in [-0.3, -0.25) is 4.79 Å². The zero-order valence-electron chi connectivity index (χ0n) is 14.4. The van der Waals surface area contributed by atoms with E-state index in [0.717, 1.165) is 41.5 Å². The van der Waals surface area contributed by atoms with Crippen molar-refractivity contribution in [2.24, 2.45) is 11.8 Å². The van der Waals surface area contributed by atoms with Gasteiger partial charge in [0.15, 0.2) is 5.78 Å². The van der Waals surface area contributed by atoms with Crippen molar-refractivity contribution in [2.45, 2.75) is 26.2 Å². The second-order valence-corrected chi connectivity index (χ2v) is 7.57. The van der Waals surface area contributed by atoms with Crippen molar-refractivity contribution in [3.63, 3.8) is 0 Å². The molecule has 0 saturated heterocycles. The van der Waals surface area contributed by atoms with Gasteiger partial charge in [-0.2, -0.15) is 5.26 Å². The van der Waals surface area contributed by atoms with E-state index in [4.69, 9.17) is 11.6 Å². The van der Waals surface area contributed by atoms with E-state index in [-0.39, 0.29) is 23.4 Å². The van der Waals surface area contributed by atoms with Gasteiger partial charge < -0.3 is 5.11 Å². The van der Waals surface area contributed by atoms with Gasteiger partial charge in [0, 0.05) is 11.8 Å². The molecule has 130 valence electrons. The molecule has 0 heterocycles. The minimum Gasteiger partial charge on any atom is -0.511 e. The Kier molecular flexibility index (Phi) is 4.09. The summed E-state index contributed by atoms with van der Waals surface area (Å²) in [5.41, 5.74) is 4.40. The molecule has 0 unspecified atom stereocenters. The van der Waals surface area contributed by atoms with Crippen LogP contribution in [0.15, 0.2) is 42.2 Å². The Bertz CT molecular complexity index is 1000. The third-order valence-corrected chi connectivity index (χ3v) is 5.95. The highest BCUT2D eigenvalue weighted by molar-refractivity contribution is 6.31. The summed E-state index contributed by atoms with van der Waals surface area (Å²) in [5.74, 6) is 0.453. The van der Waals surface area contributed by atoms with Crippen LogP contribution in [0, 0.1) is 30.1 Å². The molecule has 2 aromatic carbocycles. The Morgan fingerprint density at radius 1 is 1.12 bits per heavy atom. The Morgan fingerprint density at radius 3 is 2.58 bits per heavy atom. The minimum atomic E-state index is 0.0367. The van der Waals surface area contributed by atoms with Gasteiger partial charge in [-0.1, -0.05) is 29.8 Å². The van der Waals surface area contributed by atoms with E-state index < -0.39 is 0 Å². The van der Waals surface area contributed by atoms with Crippen LogP contribution in [0.3, 0.4) is 0 Å². The zero-order chi connectivity index (χ0) is 18.4. The van der Waals surface area contributed by atoms with Crippen molar-refractivity contribution < 1.29 is 9.90 Å². The number of allylic oxidation sites excluding steroid dienone is 2. The monoisotopic (exact) mass is 363 g/mol. The SMILES string of the molecule is Cc1ccc(-c2ccc(Cl)c(C#N)c2)cc1C1=C(O)[C@@H]2CC[C@@H](C2)C1=O. The largest absolute Gasteiger partial charge is 0.511 e. The molecule has 2 aliphatic carbocycles. The summed E-state index contributed by atoms with van der Waals surface area (Å²) < 4.78 is 0. The number of ketones is 1. The van der Waals surface area contributed by atoms with Crippen molar-refractivity contribution in [3.05, 3.63) is 63.9 Å². The van der Waals surface area contributed by atoms with Gasteiger partial charge >= 0.3 is 0 Å². The fourth-order valence-electron chi connectivity index (χ4n) is 4.13. The lowest BCUT2D eigenvalue weighted by atomic mass is 9.81. The second kappa shape index (κ2) is 6.30. The van der Waals surface area contributed by atoms with Crippen molar-refractivity contribution in [1.29, 1.82) is 5.26 Å². The van der Waals surface area contributed by atoms with Gasteiger partial charge in [0.2, 0.25) is 0 Å². The van der Waals surface area contributed by atoms with E-state index in [9.17, 15) is 15.2 Å². The summed E-state index contributed by atoms with van der Waals surface area (Å²) in [7, 11) is 0. The molecule has 2 bridgehead atoms. The van der Waals surface area contributed by atoms with Crippen LogP contribution in [0.1, 0.15) is 36.0 Å². The normalized spacial score (nSPS) is 21.8. The average molecular weight is 364 g/mol. The average Bonchev–Trinajstić information content (AvgIpc) is 3.09. The maximum Gasteiger partial charge on any atom is 0.169 e. The molecular formula is C22H18ClNO2. The van der Waals surface area contributed by atoms with Crippen LogP contribution in [-0.2, 0) is 4.79 Å². The molecule has 2 aromatic rings. The highest BCUT2D eigenvalue weighted by Gasteiger charge is 2.41. The maximum atomic E-state index is 12.9. The van der Waals surface area contributed by atoms with Crippen LogP contribution < -0.4 is 0 Å². The fourth-order valence-corrected chi connectivity index (χ4v) is 4.29. The van der Waals surface area contributed by atoms with Crippen LogP contribution in [0.25, 0.3) is 16.7 Å². The number of carbonyl (C=O) groups is 1. The van der Waals surface area contributed by atoms with Crippen LogP contribution in [0.4, 0.5) is 0 Å². The number of halogens is 1. The highest BCUT2D eigenvalue weighted by atomic mass is 35.5. The van der Waals surface area contributed by atoms with Crippen molar-refractivity contribution in [1.82, 2.24) is 0 Å². The molecule has 26 heavy (non-hydrogen) atoms. The number of hydrogen-bond donors (Lipinski definition) is 1. The standard InChI is InChI=1S/C22H18ClNO2/c1-12-2-3-14(13-6-7-19(23)17(8-13)11-24)10-18(12)20-21(25)15-4-5-16(9-15)22(20)26/h2-3,6-8,10,15-16,25H,4-5,9H2,1H3/t15-,16+/m1/s1. The van der Waals surface area contributed by atoms with Gasteiger partial charge in [-0.15, -0.1) is 0 Å². The molecule has 3 nitrogen and oxygen atoms in total. The van der Waals surface area contributed by atoms with E-state index in [2.05, 4.69) is 6.07 Å². The van der Waals surface area contributed by atoms with Crippen molar-refractivity contribution in [3.8, 4) is 17.2 Å². The summed E-state index contributed by atoms with van der Waals surface area (Å²) >= 11 is 6.03. The second-order valence-electron chi connectivity index (χ2n) is 7.17. The first-order valence-electron chi connectivity index (χ1n) is 8.78. The van der Waals surface area contributed by atoms with Crippen LogP contribution >= 0.6 is 11.6 Å². The number of aryl methyl sites for hydroxylation is 1. The van der Waals surface area contributed by atoms with Gasteiger partial charge in [-0.25, -0.2) is 0 Å². The van der Waals surface area contributed by atoms with E-state index in [0.29, 0.717) is 16.2 Å². The first-order valence-corrected chi connectivity index (χ1v) is 9.15. The molecule has 0 radical (unpaired) electrons. The lowest BCUT2D eigenvalue weighted by Crippen LogP contribution is -2.21. The first-order chi connectivity index (χ1) is 12.5. The lowest BCUT2D eigenvalue weighted by Gasteiger charge is -2.23. The first kappa shape index (κ1) is 16.9. The number of Topliss-reactive ketones (excluding diaryl/α,β-unsaturated/α-hetero) is 1. The minimum absolute atomic E-state index is 0.0367. The number of hydrogen-bond acceptors (Lipinski definition) is 3. The van der Waals surface area contributed by atoms with Crippen LogP contribution in [0.5, 0.6) is 0 Å². The zero-order valence-corrected chi connectivity index (χ0v) is 15.2. The summed E-state index contributed by atoms with van der Waals surface area (Å²) in [6.45, 7) is 1.95. The summed E-state index contributed by atoms with van der Waals surface area (Å²) in [6, 6.07) is 13.3. The molecule has 1 saturated carbocycles. The summed E-state index contributed by atoms with van der Waals surface area (Å²) in [5, 5.41) is 20.3. The number of aliphatic hydroxyl groups excluding tert-OH is 1. The van der Waals surface area contributed by atoms with Gasteiger partial charge in [0.25, 0.3) is 0 Å². The highest BCUT2D eigenvalue weighted by Crippen LogP contribution is 2.46. The van der Waals surface area contributed by atoms with Crippen molar-refractivity contribution in [2.75, 3.05) is 0 Å². The molecule has 4 rings (SSSR count). The number of benzene rings is 2. The third kappa shape index (κ3) is 2.62. The molecule has 1 N–H and O–H groups in total. The molecule has 2 atom stereocenters. The third-order valence-electron chi connectivity index (χ3n) is 5.62. The Morgan fingerprint density at radius 2 is 1.81 bits per heavy atom.